The molecule has 30 heavy (non-hydrogen) atoms. The molecule has 3 N–H and O–H groups in total. The molecule has 1 heterocycles. The molecule has 6 heteroatoms. The predicted molar refractivity (Wildman–Crippen MR) is 134 cm³/mol. The third-order valence-corrected chi connectivity index (χ3v) is 5.81. The quantitative estimate of drug-likeness (QED) is 0.266. The van der Waals surface area contributed by atoms with Crippen LogP contribution in [0.15, 0.2) is 65.7 Å². The van der Waals surface area contributed by atoms with Crippen LogP contribution in [0.25, 0.3) is 0 Å². The molecule has 164 valence electrons. The molecule has 0 amide bonds. The second kappa shape index (κ2) is 12.9. The maximum atomic E-state index is 9.40. The number of nitrogens with zero attached hydrogens (tertiary/aromatic N) is 1. The zero-order chi connectivity index (χ0) is 20.4. The van der Waals surface area contributed by atoms with Crippen molar-refractivity contribution in [1.29, 1.82) is 0 Å². The van der Waals surface area contributed by atoms with Crippen molar-refractivity contribution in [2.45, 2.75) is 25.2 Å². The average Bonchev–Trinajstić information content (AvgIpc) is 3.23. The summed E-state index contributed by atoms with van der Waals surface area (Å²) < 4.78 is 5.58. The van der Waals surface area contributed by atoms with E-state index in [1.807, 2.05) is 0 Å². The molecule has 0 saturated carbocycles. The van der Waals surface area contributed by atoms with E-state index in [0.717, 1.165) is 44.9 Å². The molecule has 1 aliphatic rings. The molecule has 0 radical (unpaired) electrons. The molecule has 2 aromatic rings. The fourth-order valence-electron chi connectivity index (χ4n) is 4.03. The summed E-state index contributed by atoms with van der Waals surface area (Å²) in [5.74, 6) is 1.14. The summed E-state index contributed by atoms with van der Waals surface area (Å²) in [5, 5.41) is 16.3. The van der Waals surface area contributed by atoms with E-state index < -0.39 is 0 Å². The molecular weight excluding hydrogens is 489 g/mol. The summed E-state index contributed by atoms with van der Waals surface area (Å²) in [5.41, 5.74) is 2.66. The van der Waals surface area contributed by atoms with Gasteiger partial charge in [-0.15, -0.1) is 24.0 Å². The van der Waals surface area contributed by atoms with Gasteiger partial charge in [0.25, 0.3) is 0 Å². The van der Waals surface area contributed by atoms with Crippen LogP contribution in [0, 0.1) is 5.41 Å². The molecule has 5 nitrogen and oxygen atoms in total. The lowest BCUT2D eigenvalue weighted by molar-refractivity contribution is 0.127. The van der Waals surface area contributed by atoms with E-state index in [9.17, 15) is 5.11 Å². The number of rotatable bonds is 9. The van der Waals surface area contributed by atoms with E-state index in [1.165, 1.54) is 11.1 Å². The van der Waals surface area contributed by atoms with E-state index in [0.29, 0.717) is 12.5 Å². The summed E-state index contributed by atoms with van der Waals surface area (Å²) in [7, 11) is 1.80. The molecular formula is C24H34IN3O2. The van der Waals surface area contributed by atoms with E-state index in [4.69, 9.17) is 4.74 Å². The highest BCUT2D eigenvalue weighted by Gasteiger charge is 2.34. The maximum Gasteiger partial charge on any atom is 0.190 e. The summed E-state index contributed by atoms with van der Waals surface area (Å²) in [6, 6.07) is 21.3. The standard InChI is InChI=1S/C24H33N3O2.HI/c1-25-23(27-18-24(13-16-28)14-17-29-19-24)26-15-12-22(20-8-4-2-5-9-20)21-10-6-3-7-11-21;/h2-11,22,28H,12-19H2,1H3,(H2,25,26,27);1H. The number of aliphatic hydroxyl groups is 1. The Hall–Kier alpha value is -1.64. The number of aliphatic hydroxyl groups excluding tert-OH is 1. The molecule has 0 bridgehead atoms. The van der Waals surface area contributed by atoms with Gasteiger partial charge in [-0.25, -0.2) is 0 Å². The van der Waals surface area contributed by atoms with Gasteiger partial charge in [0.1, 0.15) is 0 Å². The highest BCUT2D eigenvalue weighted by molar-refractivity contribution is 14.0. The fourth-order valence-corrected chi connectivity index (χ4v) is 4.03. The van der Waals surface area contributed by atoms with Gasteiger partial charge in [-0.3, -0.25) is 4.99 Å². The maximum absolute atomic E-state index is 9.40. The first kappa shape index (κ1) is 24.6. The second-order valence-corrected chi connectivity index (χ2v) is 7.79. The molecule has 0 spiro atoms. The molecule has 0 aliphatic carbocycles. The van der Waals surface area contributed by atoms with Crippen LogP contribution in [-0.4, -0.2) is 51.0 Å². The Morgan fingerprint density at radius 1 is 1.07 bits per heavy atom. The van der Waals surface area contributed by atoms with E-state index in [-0.39, 0.29) is 36.0 Å². The van der Waals surface area contributed by atoms with Gasteiger partial charge in [0.05, 0.1) is 6.61 Å². The molecule has 1 fully saturated rings. The lowest BCUT2D eigenvalue weighted by Crippen LogP contribution is -2.44. The van der Waals surface area contributed by atoms with Crippen molar-refractivity contribution in [3.8, 4) is 0 Å². The molecule has 1 unspecified atom stereocenters. The number of nitrogens with one attached hydrogen (secondary N) is 2. The Kier molecular flexibility index (Phi) is 10.6. The summed E-state index contributed by atoms with van der Waals surface area (Å²) >= 11 is 0. The van der Waals surface area contributed by atoms with Gasteiger partial charge in [-0.1, -0.05) is 60.7 Å². The van der Waals surface area contributed by atoms with Crippen molar-refractivity contribution >= 4 is 29.9 Å². The van der Waals surface area contributed by atoms with Crippen LogP contribution < -0.4 is 10.6 Å². The Morgan fingerprint density at radius 3 is 2.20 bits per heavy atom. The minimum absolute atomic E-state index is 0. The van der Waals surface area contributed by atoms with Gasteiger partial charge in [0.2, 0.25) is 0 Å². The number of aliphatic imine (C=N–C) groups is 1. The zero-order valence-corrected chi connectivity index (χ0v) is 20.0. The highest BCUT2D eigenvalue weighted by atomic mass is 127. The predicted octanol–water partition coefficient (Wildman–Crippen LogP) is 3.78. The zero-order valence-electron chi connectivity index (χ0n) is 17.7. The Balaban J connectivity index is 0.00000320. The number of benzene rings is 2. The van der Waals surface area contributed by atoms with Gasteiger partial charge in [0.15, 0.2) is 5.96 Å². The SMILES string of the molecule is CN=C(NCCC(c1ccccc1)c1ccccc1)NCC1(CCO)CCOC1.I. The van der Waals surface area contributed by atoms with Crippen LogP contribution in [0.4, 0.5) is 0 Å². The van der Waals surface area contributed by atoms with Crippen LogP contribution in [-0.2, 0) is 4.74 Å². The molecule has 0 aromatic heterocycles. The minimum atomic E-state index is 0. The van der Waals surface area contributed by atoms with Gasteiger partial charge in [0, 0.05) is 44.7 Å². The smallest absolute Gasteiger partial charge is 0.190 e. The minimum Gasteiger partial charge on any atom is -0.396 e. The number of ether oxygens (including phenoxy) is 1. The Morgan fingerprint density at radius 2 is 1.70 bits per heavy atom. The summed E-state index contributed by atoms with van der Waals surface area (Å²) in [4.78, 5) is 4.37. The van der Waals surface area contributed by atoms with Crippen molar-refractivity contribution < 1.29 is 9.84 Å². The van der Waals surface area contributed by atoms with Crippen molar-refractivity contribution in [2.24, 2.45) is 10.4 Å². The van der Waals surface area contributed by atoms with Crippen LogP contribution in [0.5, 0.6) is 0 Å². The van der Waals surface area contributed by atoms with Gasteiger partial charge in [-0.05, 0) is 30.4 Å². The van der Waals surface area contributed by atoms with E-state index in [1.54, 1.807) is 7.05 Å². The first-order valence-electron chi connectivity index (χ1n) is 10.5. The van der Waals surface area contributed by atoms with Gasteiger partial charge < -0.3 is 20.5 Å². The molecule has 1 aliphatic heterocycles. The van der Waals surface area contributed by atoms with E-state index >= 15 is 0 Å². The normalized spacial score (nSPS) is 18.8. The Labute approximate surface area is 197 Å². The molecule has 1 saturated heterocycles. The molecule has 1 atom stereocenters. The summed E-state index contributed by atoms with van der Waals surface area (Å²) in [6.07, 6.45) is 2.70. The third kappa shape index (κ3) is 6.96. The van der Waals surface area contributed by atoms with Crippen molar-refractivity contribution in [3.05, 3.63) is 71.8 Å². The molecule has 3 rings (SSSR count). The van der Waals surface area contributed by atoms with Crippen molar-refractivity contribution in [3.63, 3.8) is 0 Å². The van der Waals surface area contributed by atoms with Crippen LogP contribution in [0.3, 0.4) is 0 Å². The van der Waals surface area contributed by atoms with Crippen molar-refractivity contribution in [2.75, 3.05) is 40.0 Å². The fraction of sp³-hybridized carbons (Fsp3) is 0.458. The molecule has 2 aromatic carbocycles. The third-order valence-electron chi connectivity index (χ3n) is 5.81. The summed E-state index contributed by atoms with van der Waals surface area (Å²) in [6.45, 7) is 3.23. The van der Waals surface area contributed by atoms with Crippen LogP contribution >= 0.6 is 24.0 Å². The number of halogens is 1. The van der Waals surface area contributed by atoms with E-state index in [2.05, 4.69) is 76.3 Å². The lowest BCUT2D eigenvalue weighted by atomic mass is 9.84. The average molecular weight is 523 g/mol. The largest absolute Gasteiger partial charge is 0.396 e. The van der Waals surface area contributed by atoms with Crippen LogP contribution in [0.1, 0.15) is 36.3 Å². The number of hydrogen-bond donors (Lipinski definition) is 3. The number of hydrogen-bond acceptors (Lipinski definition) is 3. The monoisotopic (exact) mass is 523 g/mol. The number of guanidine groups is 1. The lowest BCUT2D eigenvalue weighted by Gasteiger charge is -2.28. The van der Waals surface area contributed by atoms with Gasteiger partial charge in [-0.2, -0.15) is 0 Å². The topological polar surface area (TPSA) is 65.9 Å². The van der Waals surface area contributed by atoms with Crippen molar-refractivity contribution in [1.82, 2.24) is 10.6 Å². The second-order valence-electron chi connectivity index (χ2n) is 7.79. The first-order valence-corrected chi connectivity index (χ1v) is 10.5. The Bertz CT molecular complexity index is 710. The first-order chi connectivity index (χ1) is 14.3. The van der Waals surface area contributed by atoms with Gasteiger partial charge >= 0.3 is 0 Å². The highest BCUT2D eigenvalue weighted by Crippen LogP contribution is 2.31. The van der Waals surface area contributed by atoms with Crippen LogP contribution in [0.2, 0.25) is 0 Å².